The van der Waals surface area contributed by atoms with Crippen LogP contribution in [-0.2, 0) is 11.3 Å². The van der Waals surface area contributed by atoms with Crippen LogP contribution in [0.3, 0.4) is 0 Å². The third-order valence-corrected chi connectivity index (χ3v) is 3.15. The Hall–Kier alpha value is -1.52. The Kier molecular flexibility index (Phi) is 5.44. The van der Waals surface area contributed by atoms with Gasteiger partial charge >= 0.3 is 0 Å². The van der Waals surface area contributed by atoms with Crippen LogP contribution in [0.15, 0.2) is 30.5 Å². The molecule has 1 heterocycles. The SMILES string of the molecule is COCCNCCn1ccc2c(OC(C)C)cccc21. The second kappa shape index (κ2) is 7.31. The lowest BCUT2D eigenvalue weighted by atomic mass is 10.2. The number of hydrogen-bond acceptors (Lipinski definition) is 3. The van der Waals surface area contributed by atoms with Gasteiger partial charge in [0.15, 0.2) is 0 Å². The first-order chi connectivity index (χ1) is 9.72. The van der Waals surface area contributed by atoms with E-state index in [1.807, 2.05) is 6.07 Å². The van der Waals surface area contributed by atoms with Crippen molar-refractivity contribution in [3.8, 4) is 5.75 Å². The van der Waals surface area contributed by atoms with Crippen LogP contribution in [0.1, 0.15) is 13.8 Å². The fourth-order valence-electron chi connectivity index (χ4n) is 2.25. The summed E-state index contributed by atoms with van der Waals surface area (Å²) in [5.74, 6) is 0.962. The van der Waals surface area contributed by atoms with Crippen molar-refractivity contribution in [2.45, 2.75) is 26.5 Å². The van der Waals surface area contributed by atoms with E-state index in [9.17, 15) is 0 Å². The van der Waals surface area contributed by atoms with Crippen molar-refractivity contribution >= 4 is 10.9 Å². The molecule has 0 radical (unpaired) electrons. The molecule has 1 N–H and O–H groups in total. The Labute approximate surface area is 120 Å². The minimum atomic E-state index is 0.194. The second-order valence-electron chi connectivity index (χ2n) is 5.11. The summed E-state index contributed by atoms with van der Waals surface area (Å²) in [6, 6.07) is 8.35. The maximum Gasteiger partial charge on any atom is 0.129 e. The van der Waals surface area contributed by atoms with Gasteiger partial charge in [0.1, 0.15) is 5.75 Å². The topological polar surface area (TPSA) is 35.4 Å². The summed E-state index contributed by atoms with van der Waals surface area (Å²) >= 11 is 0. The van der Waals surface area contributed by atoms with Gasteiger partial charge in [-0.15, -0.1) is 0 Å². The van der Waals surface area contributed by atoms with Crippen molar-refractivity contribution in [3.63, 3.8) is 0 Å². The van der Waals surface area contributed by atoms with E-state index in [1.54, 1.807) is 7.11 Å². The lowest BCUT2D eigenvalue weighted by molar-refractivity contribution is 0.199. The number of methoxy groups -OCH3 is 1. The zero-order chi connectivity index (χ0) is 14.4. The van der Waals surface area contributed by atoms with Gasteiger partial charge in [-0.05, 0) is 32.0 Å². The van der Waals surface area contributed by atoms with E-state index in [2.05, 4.69) is 48.1 Å². The molecule has 0 bridgehead atoms. The van der Waals surface area contributed by atoms with E-state index >= 15 is 0 Å². The number of aromatic nitrogens is 1. The molecule has 1 aromatic carbocycles. The molecule has 0 atom stereocenters. The molecule has 0 aliphatic carbocycles. The zero-order valence-corrected chi connectivity index (χ0v) is 12.6. The van der Waals surface area contributed by atoms with E-state index in [0.717, 1.165) is 32.0 Å². The molecule has 0 fully saturated rings. The Bertz CT molecular complexity index is 534. The van der Waals surface area contributed by atoms with Gasteiger partial charge in [-0.25, -0.2) is 0 Å². The van der Waals surface area contributed by atoms with Gasteiger partial charge in [-0.3, -0.25) is 0 Å². The van der Waals surface area contributed by atoms with E-state index < -0.39 is 0 Å². The molecule has 0 unspecified atom stereocenters. The number of benzene rings is 1. The lowest BCUT2D eigenvalue weighted by Crippen LogP contribution is -2.23. The second-order valence-corrected chi connectivity index (χ2v) is 5.11. The van der Waals surface area contributed by atoms with Crippen LogP contribution in [0.25, 0.3) is 10.9 Å². The van der Waals surface area contributed by atoms with Gasteiger partial charge in [0, 0.05) is 38.3 Å². The molecule has 110 valence electrons. The minimum Gasteiger partial charge on any atom is -0.490 e. The van der Waals surface area contributed by atoms with Crippen LogP contribution in [0, 0.1) is 0 Å². The van der Waals surface area contributed by atoms with Gasteiger partial charge in [0.05, 0.1) is 18.2 Å². The molecule has 0 spiro atoms. The maximum absolute atomic E-state index is 5.85. The molecule has 2 aromatic rings. The Balaban J connectivity index is 2.04. The van der Waals surface area contributed by atoms with E-state index in [1.165, 1.54) is 10.9 Å². The van der Waals surface area contributed by atoms with Gasteiger partial charge in [-0.2, -0.15) is 0 Å². The molecule has 2 rings (SSSR count). The fraction of sp³-hybridized carbons (Fsp3) is 0.500. The van der Waals surface area contributed by atoms with Crippen LogP contribution in [0.2, 0.25) is 0 Å². The number of nitrogens with one attached hydrogen (secondary N) is 1. The molecule has 0 aliphatic heterocycles. The molecule has 0 saturated heterocycles. The number of fused-ring (bicyclic) bond motifs is 1. The summed E-state index contributed by atoms with van der Waals surface area (Å²) in [4.78, 5) is 0. The molecular formula is C16H24N2O2. The normalized spacial score (nSPS) is 11.4. The van der Waals surface area contributed by atoms with Crippen LogP contribution in [0.4, 0.5) is 0 Å². The van der Waals surface area contributed by atoms with Crippen molar-refractivity contribution < 1.29 is 9.47 Å². The van der Waals surface area contributed by atoms with E-state index in [0.29, 0.717) is 0 Å². The molecule has 20 heavy (non-hydrogen) atoms. The van der Waals surface area contributed by atoms with Crippen LogP contribution in [0.5, 0.6) is 5.75 Å². The van der Waals surface area contributed by atoms with Crippen molar-refractivity contribution in [2.24, 2.45) is 0 Å². The van der Waals surface area contributed by atoms with Crippen molar-refractivity contribution in [3.05, 3.63) is 30.5 Å². The lowest BCUT2D eigenvalue weighted by Gasteiger charge is -2.11. The summed E-state index contributed by atoms with van der Waals surface area (Å²) in [6.07, 6.45) is 2.32. The van der Waals surface area contributed by atoms with E-state index in [-0.39, 0.29) is 6.10 Å². The monoisotopic (exact) mass is 276 g/mol. The molecular weight excluding hydrogens is 252 g/mol. The van der Waals surface area contributed by atoms with Gasteiger partial charge < -0.3 is 19.4 Å². The highest BCUT2D eigenvalue weighted by Gasteiger charge is 2.07. The van der Waals surface area contributed by atoms with Gasteiger partial charge in [0.25, 0.3) is 0 Å². The Morgan fingerprint density at radius 2 is 2.05 bits per heavy atom. The standard InChI is InChI=1S/C16H24N2O2/c1-13(2)20-16-6-4-5-15-14(16)7-10-18(15)11-8-17-9-12-19-3/h4-7,10,13,17H,8-9,11-12H2,1-3H3. The van der Waals surface area contributed by atoms with Crippen molar-refractivity contribution in [1.82, 2.24) is 9.88 Å². The van der Waals surface area contributed by atoms with Crippen LogP contribution in [-0.4, -0.2) is 37.5 Å². The highest BCUT2D eigenvalue weighted by molar-refractivity contribution is 5.86. The van der Waals surface area contributed by atoms with Crippen LogP contribution >= 0.6 is 0 Å². The summed E-state index contributed by atoms with van der Waals surface area (Å²) < 4.78 is 13.1. The first kappa shape index (κ1) is 14.9. The predicted molar refractivity (Wildman–Crippen MR) is 82.4 cm³/mol. The van der Waals surface area contributed by atoms with Crippen molar-refractivity contribution in [2.75, 3.05) is 26.8 Å². The number of nitrogens with zero attached hydrogens (tertiary/aromatic N) is 1. The first-order valence-corrected chi connectivity index (χ1v) is 7.16. The Morgan fingerprint density at radius 3 is 2.80 bits per heavy atom. The average Bonchev–Trinajstić information content (AvgIpc) is 2.82. The van der Waals surface area contributed by atoms with E-state index in [4.69, 9.17) is 9.47 Å². The molecule has 4 nitrogen and oxygen atoms in total. The Morgan fingerprint density at radius 1 is 1.20 bits per heavy atom. The molecule has 0 saturated carbocycles. The quantitative estimate of drug-likeness (QED) is 0.753. The smallest absolute Gasteiger partial charge is 0.129 e. The highest BCUT2D eigenvalue weighted by atomic mass is 16.5. The molecule has 0 aliphatic rings. The molecule has 4 heteroatoms. The highest BCUT2D eigenvalue weighted by Crippen LogP contribution is 2.27. The first-order valence-electron chi connectivity index (χ1n) is 7.16. The van der Waals surface area contributed by atoms with Crippen LogP contribution < -0.4 is 10.1 Å². The number of ether oxygens (including phenoxy) is 2. The van der Waals surface area contributed by atoms with Gasteiger partial charge in [0.2, 0.25) is 0 Å². The number of hydrogen-bond donors (Lipinski definition) is 1. The zero-order valence-electron chi connectivity index (χ0n) is 12.6. The number of rotatable bonds is 8. The third-order valence-electron chi connectivity index (χ3n) is 3.15. The van der Waals surface area contributed by atoms with Gasteiger partial charge in [-0.1, -0.05) is 6.07 Å². The van der Waals surface area contributed by atoms with Crippen molar-refractivity contribution in [1.29, 1.82) is 0 Å². The summed E-state index contributed by atoms with van der Waals surface area (Å²) in [5.41, 5.74) is 1.22. The summed E-state index contributed by atoms with van der Waals surface area (Å²) in [5, 5.41) is 4.54. The predicted octanol–water partition coefficient (Wildman–Crippen LogP) is 2.66. The largest absolute Gasteiger partial charge is 0.490 e. The minimum absolute atomic E-state index is 0.194. The summed E-state index contributed by atoms with van der Waals surface area (Å²) in [6.45, 7) is 7.61. The fourth-order valence-corrected chi connectivity index (χ4v) is 2.25. The maximum atomic E-state index is 5.85. The summed E-state index contributed by atoms with van der Waals surface area (Å²) in [7, 11) is 1.72. The molecule has 1 aromatic heterocycles. The third kappa shape index (κ3) is 3.74. The molecule has 0 amide bonds. The average molecular weight is 276 g/mol.